The van der Waals surface area contributed by atoms with Crippen molar-refractivity contribution < 1.29 is 4.84 Å². The van der Waals surface area contributed by atoms with Crippen LogP contribution in [0.2, 0.25) is 0 Å². The molecule has 188 valence electrons. The van der Waals surface area contributed by atoms with Gasteiger partial charge in [-0.15, -0.1) is 11.3 Å². The molecule has 0 unspecified atom stereocenters. The fraction of sp³-hybridized carbons (Fsp3) is 0.370. The zero-order valence-electron chi connectivity index (χ0n) is 21.7. The maximum Gasteiger partial charge on any atom is 0.192 e. The van der Waals surface area contributed by atoms with E-state index in [4.69, 9.17) is 9.82 Å². The molecule has 0 aromatic carbocycles. The molecule has 1 saturated carbocycles. The summed E-state index contributed by atoms with van der Waals surface area (Å²) in [6.45, 7) is 8.75. The summed E-state index contributed by atoms with van der Waals surface area (Å²) < 4.78 is 1.76. The highest BCUT2D eigenvalue weighted by Crippen LogP contribution is 2.34. The molecule has 1 fully saturated rings. The lowest BCUT2D eigenvalue weighted by atomic mass is 9.85. The van der Waals surface area contributed by atoms with Gasteiger partial charge in [-0.25, -0.2) is 14.6 Å². The van der Waals surface area contributed by atoms with Gasteiger partial charge in [0.05, 0.1) is 16.3 Å². The van der Waals surface area contributed by atoms with Crippen molar-refractivity contribution in [3.8, 4) is 10.6 Å². The summed E-state index contributed by atoms with van der Waals surface area (Å²) in [5.41, 5.74) is 8.01. The highest BCUT2D eigenvalue weighted by Gasteiger charge is 2.20. The second kappa shape index (κ2) is 11.8. The van der Waals surface area contributed by atoms with Crippen LogP contribution in [0.5, 0.6) is 0 Å². The Labute approximate surface area is 221 Å². The molecule has 3 heterocycles. The van der Waals surface area contributed by atoms with Crippen molar-refractivity contribution in [1.29, 1.82) is 0 Å². The standard InChI is InChI=1S/C27H32N6OS2/c1-17(2)24-20(9-7-11-22(24)32-34-16-23-30-27(35-6)33(5)31-23)13-12-18(3)25-19(4)29-26(36-25)21-10-8-14-28-15-21/h8,10,12-15H,7,9,11,16H2,1-6H3/b18-12+,20-13-,32-22+. The Balaban J connectivity index is 1.53. The zero-order valence-corrected chi connectivity index (χ0v) is 23.3. The predicted octanol–water partition coefficient (Wildman–Crippen LogP) is 6.79. The molecule has 0 saturated heterocycles. The summed E-state index contributed by atoms with van der Waals surface area (Å²) in [6.07, 6.45) is 13.0. The highest BCUT2D eigenvalue weighted by molar-refractivity contribution is 7.98. The number of nitrogens with zero attached hydrogens (tertiary/aromatic N) is 6. The Bertz CT molecular complexity index is 1340. The van der Waals surface area contributed by atoms with Gasteiger partial charge in [0.2, 0.25) is 0 Å². The van der Waals surface area contributed by atoms with E-state index < -0.39 is 0 Å². The summed E-state index contributed by atoms with van der Waals surface area (Å²) in [7, 11) is 1.89. The van der Waals surface area contributed by atoms with E-state index in [1.165, 1.54) is 27.2 Å². The lowest BCUT2D eigenvalue weighted by molar-refractivity contribution is 0.124. The monoisotopic (exact) mass is 520 g/mol. The number of pyridine rings is 1. The average Bonchev–Trinajstić information content (AvgIpc) is 3.44. The summed E-state index contributed by atoms with van der Waals surface area (Å²) in [5, 5.41) is 10.8. The highest BCUT2D eigenvalue weighted by atomic mass is 32.2. The van der Waals surface area contributed by atoms with Crippen molar-refractivity contribution >= 4 is 34.4 Å². The molecule has 0 spiro atoms. The Morgan fingerprint density at radius 1 is 1.25 bits per heavy atom. The fourth-order valence-corrected chi connectivity index (χ4v) is 5.79. The number of rotatable bonds is 7. The molecule has 0 aliphatic heterocycles. The van der Waals surface area contributed by atoms with Crippen LogP contribution in [0, 0.1) is 6.92 Å². The van der Waals surface area contributed by atoms with Gasteiger partial charge < -0.3 is 4.84 Å². The number of thioether (sulfide) groups is 1. The minimum atomic E-state index is 0.260. The molecule has 0 atom stereocenters. The van der Waals surface area contributed by atoms with E-state index in [0.717, 1.165) is 46.4 Å². The predicted molar refractivity (Wildman–Crippen MR) is 149 cm³/mol. The minimum Gasteiger partial charge on any atom is -0.387 e. The van der Waals surface area contributed by atoms with Crippen molar-refractivity contribution in [2.45, 2.75) is 58.7 Å². The SMILES string of the molecule is CSc1nc(CO/N=C2\CCC/C(=C/C=C(\C)c3sc(-c4cccnc4)nc3C)C2=C(C)C)nn1C. The van der Waals surface area contributed by atoms with Crippen LogP contribution in [-0.2, 0) is 18.5 Å². The molecule has 4 rings (SSSR count). The van der Waals surface area contributed by atoms with Crippen LogP contribution in [0.15, 0.2) is 63.7 Å². The van der Waals surface area contributed by atoms with Gasteiger partial charge >= 0.3 is 0 Å². The molecule has 1 aliphatic carbocycles. The van der Waals surface area contributed by atoms with Crippen molar-refractivity contribution in [2.75, 3.05) is 6.26 Å². The second-order valence-corrected chi connectivity index (χ2v) is 10.7. The Hall–Kier alpha value is -3.04. The number of aryl methyl sites for hydroxylation is 2. The van der Waals surface area contributed by atoms with Gasteiger partial charge in [0, 0.05) is 30.6 Å². The summed E-state index contributed by atoms with van der Waals surface area (Å²) in [5.74, 6) is 0.640. The van der Waals surface area contributed by atoms with Gasteiger partial charge in [-0.1, -0.05) is 34.6 Å². The minimum absolute atomic E-state index is 0.260. The third kappa shape index (κ3) is 6.02. The average molecular weight is 521 g/mol. The normalized spacial score (nSPS) is 16.7. The Kier molecular flexibility index (Phi) is 8.53. The Morgan fingerprint density at radius 2 is 2.08 bits per heavy atom. The van der Waals surface area contributed by atoms with Crippen LogP contribution in [-0.4, -0.2) is 36.7 Å². The van der Waals surface area contributed by atoms with Gasteiger partial charge in [-0.2, -0.15) is 5.10 Å². The summed E-state index contributed by atoms with van der Waals surface area (Å²) in [6, 6.07) is 3.99. The van der Waals surface area contributed by atoms with Crippen molar-refractivity contribution in [3.05, 3.63) is 69.8 Å². The first-order valence-corrected chi connectivity index (χ1v) is 14.0. The number of thiazole rings is 1. The number of hydrogen-bond acceptors (Lipinski definition) is 8. The fourth-order valence-electron chi connectivity index (χ4n) is 4.25. The molecule has 0 N–H and O–H groups in total. The molecule has 1 aliphatic rings. The van der Waals surface area contributed by atoms with E-state index >= 15 is 0 Å². The third-order valence-electron chi connectivity index (χ3n) is 5.89. The number of oxime groups is 1. The summed E-state index contributed by atoms with van der Waals surface area (Å²) >= 11 is 3.27. The zero-order chi connectivity index (χ0) is 25.7. The molecule has 9 heteroatoms. The maximum absolute atomic E-state index is 5.71. The number of hydrogen-bond donors (Lipinski definition) is 0. The maximum atomic E-state index is 5.71. The van der Waals surface area contributed by atoms with Gasteiger partial charge in [0.1, 0.15) is 5.01 Å². The smallest absolute Gasteiger partial charge is 0.192 e. The molecular weight excluding hydrogens is 488 g/mol. The molecule has 36 heavy (non-hydrogen) atoms. The largest absolute Gasteiger partial charge is 0.387 e. The third-order valence-corrected chi connectivity index (χ3v) is 7.95. The van der Waals surface area contributed by atoms with Crippen molar-refractivity contribution in [3.63, 3.8) is 0 Å². The van der Waals surface area contributed by atoms with Crippen LogP contribution >= 0.6 is 23.1 Å². The molecular formula is C27H32N6OS2. The first-order valence-electron chi connectivity index (χ1n) is 11.9. The van der Waals surface area contributed by atoms with Gasteiger partial charge in [0.25, 0.3) is 0 Å². The molecule has 3 aromatic heterocycles. The van der Waals surface area contributed by atoms with Crippen LogP contribution in [0.1, 0.15) is 56.4 Å². The van der Waals surface area contributed by atoms with Crippen molar-refractivity contribution in [2.24, 2.45) is 12.2 Å². The van der Waals surface area contributed by atoms with E-state index in [9.17, 15) is 0 Å². The topological polar surface area (TPSA) is 78.1 Å². The van der Waals surface area contributed by atoms with E-state index in [-0.39, 0.29) is 6.61 Å². The molecule has 3 aromatic rings. The number of aromatic nitrogens is 5. The first-order chi connectivity index (χ1) is 17.4. The molecule has 0 amide bonds. The quantitative estimate of drug-likeness (QED) is 0.252. The Morgan fingerprint density at radius 3 is 2.78 bits per heavy atom. The van der Waals surface area contributed by atoms with Crippen LogP contribution in [0.3, 0.4) is 0 Å². The first kappa shape index (κ1) is 26.0. The van der Waals surface area contributed by atoms with E-state index in [0.29, 0.717) is 5.82 Å². The lowest BCUT2D eigenvalue weighted by Gasteiger charge is -2.21. The van der Waals surface area contributed by atoms with Gasteiger partial charge in [0.15, 0.2) is 17.6 Å². The number of allylic oxidation sites excluding steroid dienone is 6. The molecule has 0 radical (unpaired) electrons. The van der Waals surface area contributed by atoms with E-state index in [1.807, 2.05) is 31.6 Å². The van der Waals surface area contributed by atoms with Crippen LogP contribution in [0.4, 0.5) is 0 Å². The van der Waals surface area contributed by atoms with Crippen LogP contribution in [0.25, 0.3) is 16.1 Å². The van der Waals surface area contributed by atoms with Crippen LogP contribution < -0.4 is 0 Å². The second-order valence-electron chi connectivity index (χ2n) is 8.90. The molecule has 0 bridgehead atoms. The van der Waals surface area contributed by atoms with Crippen molar-refractivity contribution in [1.82, 2.24) is 24.7 Å². The summed E-state index contributed by atoms with van der Waals surface area (Å²) in [4.78, 5) is 20.4. The van der Waals surface area contributed by atoms with Gasteiger partial charge in [-0.05, 0) is 76.5 Å². The van der Waals surface area contributed by atoms with E-state index in [1.54, 1.807) is 34.0 Å². The molecule has 7 nitrogen and oxygen atoms in total. The van der Waals surface area contributed by atoms with E-state index in [2.05, 4.69) is 60.1 Å². The van der Waals surface area contributed by atoms with Gasteiger partial charge in [-0.3, -0.25) is 4.98 Å². The lowest BCUT2D eigenvalue weighted by Crippen LogP contribution is -2.14.